The van der Waals surface area contributed by atoms with Crippen LogP contribution in [0.25, 0.3) is 11.3 Å². The molecule has 0 fully saturated rings. The number of hydrogen-bond acceptors (Lipinski definition) is 1. The van der Waals surface area contributed by atoms with Crippen molar-refractivity contribution in [1.82, 2.24) is 4.57 Å². The van der Waals surface area contributed by atoms with Gasteiger partial charge in [0.2, 0.25) is 0 Å². The molecule has 0 amide bonds. The van der Waals surface area contributed by atoms with Crippen LogP contribution in [0.2, 0.25) is 0 Å². The fraction of sp³-hybridized carbons (Fsp3) is 0.333. The molecule has 0 bridgehead atoms. The van der Waals surface area contributed by atoms with E-state index in [0.717, 1.165) is 12.3 Å². The van der Waals surface area contributed by atoms with Crippen LogP contribution in [0, 0.1) is 0 Å². The summed E-state index contributed by atoms with van der Waals surface area (Å²) in [6.07, 6.45) is 4.59. The van der Waals surface area contributed by atoms with Gasteiger partial charge in [0.15, 0.2) is 0 Å². The summed E-state index contributed by atoms with van der Waals surface area (Å²) in [5.41, 5.74) is 2.52. The molecule has 17 heavy (non-hydrogen) atoms. The van der Waals surface area contributed by atoms with Gasteiger partial charge in [-0.2, -0.15) is 0 Å². The van der Waals surface area contributed by atoms with Crippen molar-refractivity contribution in [2.24, 2.45) is 0 Å². The Hall–Kier alpha value is -1.70. The van der Waals surface area contributed by atoms with Crippen molar-refractivity contribution in [3.05, 3.63) is 42.6 Å². The SMILES string of the molecule is CCCCn1cccc1-c1ccc(OC)cc1. The third-order valence-corrected chi connectivity index (χ3v) is 2.97. The van der Waals surface area contributed by atoms with Gasteiger partial charge in [0.25, 0.3) is 0 Å². The molecule has 2 heteroatoms. The van der Waals surface area contributed by atoms with E-state index < -0.39 is 0 Å². The Morgan fingerprint density at radius 1 is 1.12 bits per heavy atom. The second-order valence-electron chi connectivity index (χ2n) is 4.17. The molecule has 2 rings (SSSR count). The first kappa shape index (κ1) is 11.8. The smallest absolute Gasteiger partial charge is 0.118 e. The Morgan fingerprint density at radius 2 is 1.88 bits per heavy atom. The topological polar surface area (TPSA) is 14.2 Å². The molecular weight excluding hydrogens is 210 g/mol. The van der Waals surface area contributed by atoms with E-state index in [1.54, 1.807) is 7.11 Å². The van der Waals surface area contributed by atoms with E-state index in [2.05, 4.69) is 42.0 Å². The normalized spacial score (nSPS) is 10.5. The number of rotatable bonds is 5. The molecule has 2 aromatic rings. The highest BCUT2D eigenvalue weighted by molar-refractivity contribution is 5.61. The molecular formula is C15H19NO. The third kappa shape index (κ3) is 2.70. The quantitative estimate of drug-likeness (QED) is 0.756. The van der Waals surface area contributed by atoms with Crippen LogP contribution in [0.5, 0.6) is 5.75 Å². The maximum Gasteiger partial charge on any atom is 0.118 e. The summed E-state index contributed by atoms with van der Waals surface area (Å²) < 4.78 is 7.49. The average molecular weight is 229 g/mol. The van der Waals surface area contributed by atoms with Gasteiger partial charge in [-0.25, -0.2) is 0 Å². The first-order valence-electron chi connectivity index (χ1n) is 6.14. The van der Waals surface area contributed by atoms with Crippen molar-refractivity contribution in [3.63, 3.8) is 0 Å². The van der Waals surface area contributed by atoms with Crippen molar-refractivity contribution in [2.45, 2.75) is 26.3 Å². The predicted molar refractivity (Wildman–Crippen MR) is 71.3 cm³/mol. The summed E-state index contributed by atoms with van der Waals surface area (Å²) in [6.45, 7) is 3.31. The van der Waals surface area contributed by atoms with Gasteiger partial charge in [-0.1, -0.05) is 13.3 Å². The highest BCUT2D eigenvalue weighted by Crippen LogP contribution is 2.23. The number of unbranched alkanes of at least 4 members (excludes halogenated alkanes) is 1. The lowest BCUT2D eigenvalue weighted by molar-refractivity contribution is 0.415. The first-order chi connectivity index (χ1) is 8.35. The van der Waals surface area contributed by atoms with Gasteiger partial charge in [-0.05, 0) is 48.4 Å². The van der Waals surface area contributed by atoms with Crippen LogP contribution >= 0.6 is 0 Å². The minimum absolute atomic E-state index is 0.903. The van der Waals surface area contributed by atoms with Crippen LogP contribution < -0.4 is 4.74 Å². The van der Waals surface area contributed by atoms with Gasteiger partial charge < -0.3 is 9.30 Å². The maximum atomic E-state index is 5.17. The second kappa shape index (κ2) is 5.58. The molecule has 1 aromatic carbocycles. The van der Waals surface area contributed by atoms with Gasteiger partial charge in [0, 0.05) is 18.4 Å². The molecule has 0 radical (unpaired) electrons. The molecule has 1 heterocycles. The van der Waals surface area contributed by atoms with Crippen LogP contribution in [0.1, 0.15) is 19.8 Å². The van der Waals surface area contributed by atoms with Crippen LogP contribution in [-0.2, 0) is 6.54 Å². The molecule has 0 spiro atoms. The Labute approximate surface area is 103 Å². The van der Waals surface area contributed by atoms with Gasteiger partial charge in [0.05, 0.1) is 7.11 Å². The third-order valence-electron chi connectivity index (χ3n) is 2.97. The van der Waals surface area contributed by atoms with Crippen LogP contribution in [0.4, 0.5) is 0 Å². The number of methoxy groups -OCH3 is 1. The molecule has 2 nitrogen and oxygen atoms in total. The highest BCUT2D eigenvalue weighted by Gasteiger charge is 2.03. The zero-order valence-electron chi connectivity index (χ0n) is 10.5. The minimum Gasteiger partial charge on any atom is -0.497 e. The molecule has 0 saturated heterocycles. The molecule has 0 aliphatic rings. The molecule has 0 unspecified atom stereocenters. The molecule has 0 N–H and O–H groups in total. The lowest BCUT2D eigenvalue weighted by atomic mass is 10.1. The van der Waals surface area contributed by atoms with Gasteiger partial charge in [-0.15, -0.1) is 0 Å². The number of hydrogen-bond donors (Lipinski definition) is 0. The van der Waals surface area contributed by atoms with Crippen LogP contribution in [0.3, 0.4) is 0 Å². The van der Waals surface area contributed by atoms with E-state index >= 15 is 0 Å². The number of benzene rings is 1. The molecule has 1 aromatic heterocycles. The van der Waals surface area contributed by atoms with E-state index in [0.29, 0.717) is 0 Å². The summed E-state index contributed by atoms with van der Waals surface area (Å²) in [7, 11) is 1.69. The van der Waals surface area contributed by atoms with E-state index in [1.807, 2.05) is 12.1 Å². The summed E-state index contributed by atoms with van der Waals surface area (Å²) in [4.78, 5) is 0. The number of aryl methyl sites for hydroxylation is 1. The van der Waals surface area contributed by atoms with Gasteiger partial charge in [-0.3, -0.25) is 0 Å². The Bertz CT molecular complexity index is 456. The van der Waals surface area contributed by atoms with Gasteiger partial charge >= 0.3 is 0 Å². The summed E-state index contributed by atoms with van der Waals surface area (Å²) in [5, 5.41) is 0. The lowest BCUT2D eigenvalue weighted by Gasteiger charge is -2.09. The van der Waals surface area contributed by atoms with Gasteiger partial charge in [0.1, 0.15) is 5.75 Å². The summed E-state index contributed by atoms with van der Waals surface area (Å²) in [5.74, 6) is 0.903. The van der Waals surface area contributed by atoms with Crippen molar-refractivity contribution in [1.29, 1.82) is 0 Å². The Morgan fingerprint density at radius 3 is 2.53 bits per heavy atom. The zero-order valence-corrected chi connectivity index (χ0v) is 10.5. The Kier molecular flexibility index (Phi) is 3.86. The molecule has 90 valence electrons. The second-order valence-corrected chi connectivity index (χ2v) is 4.17. The molecule has 0 saturated carbocycles. The summed E-state index contributed by atoms with van der Waals surface area (Å²) >= 11 is 0. The van der Waals surface area contributed by atoms with Crippen molar-refractivity contribution < 1.29 is 4.74 Å². The first-order valence-corrected chi connectivity index (χ1v) is 6.14. The fourth-order valence-corrected chi connectivity index (χ4v) is 1.96. The van der Waals surface area contributed by atoms with E-state index in [1.165, 1.54) is 24.1 Å². The predicted octanol–water partition coefficient (Wildman–Crippen LogP) is 3.96. The standard InChI is InChI=1S/C15H19NO/c1-3-4-11-16-12-5-6-15(16)13-7-9-14(17-2)10-8-13/h5-10,12H,3-4,11H2,1-2H3. The largest absolute Gasteiger partial charge is 0.497 e. The molecule has 0 aliphatic carbocycles. The average Bonchev–Trinajstić information content (AvgIpc) is 2.84. The molecule has 0 atom stereocenters. The number of nitrogens with zero attached hydrogens (tertiary/aromatic N) is 1. The zero-order chi connectivity index (χ0) is 12.1. The Balaban J connectivity index is 2.23. The highest BCUT2D eigenvalue weighted by atomic mass is 16.5. The van der Waals surface area contributed by atoms with E-state index in [9.17, 15) is 0 Å². The number of aromatic nitrogens is 1. The van der Waals surface area contributed by atoms with Crippen LogP contribution in [-0.4, -0.2) is 11.7 Å². The maximum absolute atomic E-state index is 5.17. The molecule has 0 aliphatic heterocycles. The van der Waals surface area contributed by atoms with E-state index in [4.69, 9.17) is 4.74 Å². The lowest BCUT2D eigenvalue weighted by Crippen LogP contribution is -1.98. The van der Waals surface area contributed by atoms with Crippen molar-refractivity contribution >= 4 is 0 Å². The van der Waals surface area contributed by atoms with Crippen molar-refractivity contribution in [2.75, 3.05) is 7.11 Å². The van der Waals surface area contributed by atoms with Crippen molar-refractivity contribution in [3.8, 4) is 17.0 Å². The fourth-order valence-electron chi connectivity index (χ4n) is 1.96. The number of ether oxygens (including phenoxy) is 1. The minimum atomic E-state index is 0.903. The monoisotopic (exact) mass is 229 g/mol. The van der Waals surface area contributed by atoms with E-state index in [-0.39, 0.29) is 0 Å². The van der Waals surface area contributed by atoms with Crippen LogP contribution in [0.15, 0.2) is 42.6 Å². The summed E-state index contributed by atoms with van der Waals surface area (Å²) in [6, 6.07) is 12.5.